The molecule has 2 nitrogen and oxygen atoms in total. The summed E-state index contributed by atoms with van der Waals surface area (Å²) in [5.41, 5.74) is 5.52. The topological polar surface area (TPSA) is 18.5 Å². The number of ether oxygens (including phenoxy) is 2. The quantitative estimate of drug-likeness (QED) is 0.724. The largest absolute Gasteiger partial charge is 0.380 e. The van der Waals surface area contributed by atoms with Crippen molar-refractivity contribution in [2.75, 3.05) is 14.2 Å². The molecule has 0 aromatic heterocycles. The van der Waals surface area contributed by atoms with Gasteiger partial charge in [0.2, 0.25) is 0 Å². The number of hydrogen-bond acceptors (Lipinski definition) is 2. The van der Waals surface area contributed by atoms with Crippen LogP contribution in [0.1, 0.15) is 54.4 Å². The third-order valence-electron chi connectivity index (χ3n) is 5.29. The van der Waals surface area contributed by atoms with Crippen LogP contribution < -0.4 is 0 Å². The van der Waals surface area contributed by atoms with E-state index < -0.39 is 0 Å². The molecular formula is C22H28O2. The minimum absolute atomic E-state index is 0.131. The molecule has 0 saturated heterocycles. The molecule has 0 amide bonds. The van der Waals surface area contributed by atoms with E-state index in [1.807, 2.05) is 0 Å². The van der Waals surface area contributed by atoms with Crippen molar-refractivity contribution >= 4 is 0 Å². The predicted molar refractivity (Wildman–Crippen MR) is 98.2 cm³/mol. The molecule has 2 aromatic carbocycles. The molecule has 1 aliphatic rings. The highest BCUT2D eigenvalue weighted by molar-refractivity contribution is 5.42. The molecule has 128 valence electrons. The van der Waals surface area contributed by atoms with Gasteiger partial charge in [-0.3, -0.25) is 0 Å². The van der Waals surface area contributed by atoms with Gasteiger partial charge in [0.25, 0.3) is 0 Å². The Morgan fingerprint density at radius 1 is 0.750 bits per heavy atom. The summed E-state index contributed by atoms with van der Waals surface area (Å²) in [6.45, 7) is 1.35. The number of benzene rings is 2. The average Bonchev–Trinajstić information content (AvgIpc) is 2.63. The Morgan fingerprint density at radius 2 is 1.25 bits per heavy atom. The van der Waals surface area contributed by atoms with E-state index in [4.69, 9.17) is 9.47 Å². The molecule has 2 heteroatoms. The van der Waals surface area contributed by atoms with Gasteiger partial charge in [-0.05, 0) is 35.1 Å². The molecule has 0 atom stereocenters. The van der Waals surface area contributed by atoms with Crippen LogP contribution in [0.5, 0.6) is 0 Å². The van der Waals surface area contributed by atoms with Gasteiger partial charge < -0.3 is 9.47 Å². The van der Waals surface area contributed by atoms with Crippen LogP contribution in [-0.2, 0) is 28.1 Å². The molecule has 0 N–H and O–H groups in total. The summed E-state index contributed by atoms with van der Waals surface area (Å²) < 4.78 is 10.7. The normalized spacial score (nSPS) is 16.9. The van der Waals surface area contributed by atoms with E-state index in [0.717, 1.165) is 0 Å². The molecule has 0 unspecified atom stereocenters. The maximum absolute atomic E-state index is 5.34. The third-order valence-corrected chi connectivity index (χ3v) is 5.29. The van der Waals surface area contributed by atoms with E-state index >= 15 is 0 Å². The van der Waals surface area contributed by atoms with Gasteiger partial charge in [-0.2, -0.15) is 0 Å². The summed E-state index contributed by atoms with van der Waals surface area (Å²) in [5.74, 6) is 0. The van der Waals surface area contributed by atoms with Gasteiger partial charge in [0.15, 0.2) is 0 Å². The smallest absolute Gasteiger partial charge is 0.0713 e. The van der Waals surface area contributed by atoms with Crippen LogP contribution in [0.25, 0.3) is 0 Å². The second-order valence-corrected chi connectivity index (χ2v) is 6.91. The van der Waals surface area contributed by atoms with E-state index in [9.17, 15) is 0 Å². The first-order valence-corrected chi connectivity index (χ1v) is 8.95. The molecule has 1 saturated carbocycles. The summed E-state index contributed by atoms with van der Waals surface area (Å²) in [6.07, 6.45) is 6.38. The fourth-order valence-electron chi connectivity index (χ4n) is 4.15. The molecular weight excluding hydrogens is 296 g/mol. The summed E-state index contributed by atoms with van der Waals surface area (Å²) in [5, 5.41) is 0. The minimum atomic E-state index is 0.131. The van der Waals surface area contributed by atoms with Crippen molar-refractivity contribution in [2.45, 2.75) is 50.7 Å². The lowest BCUT2D eigenvalue weighted by Gasteiger charge is -2.39. The minimum Gasteiger partial charge on any atom is -0.380 e. The molecule has 2 aromatic rings. The van der Waals surface area contributed by atoms with Gasteiger partial charge in [0, 0.05) is 19.6 Å². The maximum Gasteiger partial charge on any atom is 0.0713 e. The fourth-order valence-corrected chi connectivity index (χ4v) is 4.15. The monoisotopic (exact) mass is 324 g/mol. The highest BCUT2D eigenvalue weighted by atomic mass is 16.5. The van der Waals surface area contributed by atoms with Crippen molar-refractivity contribution in [1.82, 2.24) is 0 Å². The first-order chi connectivity index (χ1) is 11.8. The van der Waals surface area contributed by atoms with E-state index in [1.54, 1.807) is 14.2 Å². The molecule has 0 spiro atoms. The number of methoxy groups -OCH3 is 2. The lowest BCUT2D eigenvalue weighted by Crippen LogP contribution is -2.30. The highest BCUT2D eigenvalue weighted by Crippen LogP contribution is 2.45. The maximum atomic E-state index is 5.34. The zero-order chi connectivity index (χ0) is 16.8. The lowest BCUT2D eigenvalue weighted by molar-refractivity contribution is 0.184. The van der Waals surface area contributed by atoms with Gasteiger partial charge in [-0.25, -0.2) is 0 Å². The van der Waals surface area contributed by atoms with Crippen molar-refractivity contribution in [3.8, 4) is 0 Å². The van der Waals surface area contributed by atoms with E-state index in [1.165, 1.54) is 54.4 Å². The second kappa shape index (κ2) is 7.96. The molecule has 0 aliphatic heterocycles. The van der Waals surface area contributed by atoms with Crippen LogP contribution in [0.3, 0.4) is 0 Å². The summed E-state index contributed by atoms with van der Waals surface area (Å²) >= 11 is 0. The van der Waals surface area contributed by atoms with Crippen LogP contribution in [0, 0.1) is 0 Å². The van der Waals surface area contributed by atoms with Crippen LogP contribution in [0.2, 0.25) is 0 Å². The van der Waals surface area contributed by atoms with Crippen LogP contribution in [0.4, 0.5) is 0 Å². The summed E-state index contributed by atoms with van der Waals surface area (Å²) in [7, 11) is 3.52. The van der Waals surface area contributed by atoms with Gasteiger partial charge >= 0.3 is 0 Å². The molecule has 24 heavy (non-hydrogen) atoms. The molecule has 0 heterocycles. The summed E-state index contributed by atoms with van der Waals surface area (Å²) in [6, 6.07) is 18.0. The first-order valence-electron chi connectivity index (χ1n) is 8.95. The van der Waals surface area contributed by atoms with Crippen molar-refractivity contribution in [2.24, 2.45) is 0 Å². The highest BCUT2D eigenvalue weighted by Gasteiger charge is 2.35. The summed E-state index contributed by atoms with van der Waals surface area (Å²) in [4.78, 5) is 0. The van der Waals surface area contributed by atoms with Crippen molar-refractivity contribution in [3.63, 3.8) is 0 Å². The van der Waals surface area contributed by atoms with Crippen molar-refractivity contribution < 1.29 is 9.47 Å². The van der Waals surface area contributed by atoms with Crippen molar-refractivity contribution in [3.05, 3.63) is 70.8 Å². The number of hydrogen-bond donors (Lipinski definition) is 0. The predicted octanol–water partition coefficient (Wildman–Crippen LogP) is 5.23. The van der Waals surface area contributed by atoms with Gasteiger partial charge in [-0.1, -0.05) is 67.8 Å². The standard InChI is InChI=1S/C22H28O2/c1-23-16-18-8-6-10-20(14-18)22(12-4-3-5-13-22)21-11-7-9-19(15-21)17-24-2/h6-11,14-15H,3-5,12-13,16-17H2,1-2H3. The van der Waals surface area contributed by atoms with Crippen LogP contribution in [0.15, 0.2) is 48.5 Å². The van der Waals surface area contributed by atoms with E-state index in [-0.39, 0.29) is 5.41 Å². The zero-order valence-electron chi connectivity index (χ0n) is 14.9. The fraction of sp³-hybridized carbons (Fsp3) is 0.455. The van der Waals surface area contributed by atoms with Crippen LogP contribution >= 0.6 is 0 Å². The average molecular weight is 324 g/mol. The van der Waals surface area contributed by atoms with E-state index in [2.05, 4.69) is 48.5 Å². The lowest BCUT2D eigenvalue weighted by atomic mass is 9.65. The number of rotatable bonds is 6. The molecule has 0 bridgehead atoms. The molecule has 3 rings (SSSR count). The van der Waals surface area contributed by atoms with Gasteiger partial charge in [-0.15, -0.1) is 0 Å². The Bertz CT molecular complexity index is 605. The second-order valence-electron chi connectivity index (χ2n) is 6.91. The van der Waals surface area contributed by atoms with E-state index in [0.29, 0.717) is 13.2 Å². The Balaban J connectivity index is 2.04. The Kier molecular flexibility index (Phi) is 5.70. The van der Waals surface area contributed by atoms with Gasteiger partial charge in [0.1, 0.15) is 0 Å². The molecule has 1 fully saturated rings. The zero-order valence-corrected chi connectivity index (χ0v) is 14.9. The molecule has 0 radical (unpaired) electrons. The Morgan fingerprint density at radius 3 is 1.71 bits per heavy atom. The SMILES string of the molecule is COCc1cccc(C2(c3cccc(COC)c3)CCCCC2)c1. The Labute approximate surface area is 145 Å². The third kappa shape index (κ3) is 3.55. The molecule has 1 aliphatic carbocycles. The van der Waals surface area contributed by atoms with Crippen molar-refractivity contribution in [1.29, 1.82) is 0 Å². The van der Waals surface area contributed by atoms with Gasteiger partial charge in [0.05, 0.1) is 13.2 Å². The first kappa shape index (κ1) is 17.2. The van der Waals surface area contributed by atoms with Crippen LogP contribution in [-0.4, -0.2) is 14.2 Å². The Hall–Kier alpha value is -1.64.